The number of carbonyl (C=O) groups excluding carboxylic acids is 4. The van der Waals surface area contributed by atoms with E-state index < -0.39 is 18.0 Å². The molecule has 3 amide bonds. The van der Waals surface area contributed by atoms with Crippen LogP contribution in [0.5, 0.6) is 0 Å². The zero-order valence-electron chi connectivity index (χ0n) is 16.4. The predicted octanol–water partition coefficient (Wildman–Crippen LogP) is 1.40. The molecule has 27 heavy (non-hydrogen) atoms. The maximum Gasteiger partial charge on any atom is 0.243 e. The maximum absolute atomic E-state index is 12.4. The van der Waals surface area contributed by atoms with Gasteiger partial charge in [0.25, 0.3) is 0 Å². The molecule has 1 aliphatic carbocycles. The van der Waals surface area contributed by atoms with Crippen molar-refractivity contribution in [2.45, 2.75) is 70.4 Å². The number of amides is 3. The third-order valence-electron chi connectivity index (χ3n) is 4.85. The van der Waals surface area contributed by atoms with E-state index in [2.05, 4.69) is 16.0 Å². The molecule has 0 saturated heterocycles. The summed E-state index contributed by atoms with van der Waals surface area (Å²) in [7, 11) is 0. The first kappa shape index (κ1) is 23.5. The minimum Gasteiger partial charge on any atom is -0.345 e. The van der Waals surface area contributed by atoms with Gasteiger partial charge in [-0.15, -0.1) is 0 Å². The van der Waals surface area contributed by atoms with E-state index in [1.807, 2.05) is 6.26 Å². The summed E-state index contributed by atoms with van der Waals surface area (Å²) in [4.78, 5) is 46.8. The zero-order chi connectivity index (χ0) is 20.1. The Hall–Kier alpha value is -1.57. The smallest absolute Gasteiger partial charge is 0.243 e. The molecule has 2 atom stereocenters. The van der Waals surface area contributed by atoms with Crippen molar-refractivity contribution in [3.8, 4) is 0 Å². The van der Waals surface area contributed by atoms with E-state index in [-0.39, 0.29) is 18.4 Å². The highest BCUT2D eigenvalue weighted by Gasteiger charge is 2.23. The van der Waals surface area contributed by atoms with Crippen LogP contribution in [0.2, 0.25) is 0 Å². The number of thioether (sulfide) groups is 1. The minimum absolute atomic E-state index is 0.206. The summed E-state index contributed by atoms with van der Waals surface area (Å²) in [6.07, 6.45) is 10.8. The monoisotopic (exact) mass is 399 g/mol. The second-order valence-electron chi connectivity index (χ2n) is 7.14. The lowest BCUT2D eigenvalue weighted by molar-refractivity contribution is -0.130. The summed E-state index contributed by atoms with van der Waals surface area (Å²) in [5, 5.41) is 7.85. The molecule has 3 N–H and O–H groups in total. The molecule has 0 aromatic heterocycles. The zero-order valence-corrected chi connectivity index (χ0v) is 17.2. The van der Waals surface area contributed by atoms with Crippen LogP contribution in [-0.4, -0.2) is 54.6 Å². The average Bonchev–Trinajstić information content (AvgIpc) is 2.66. The summed E-state index contributed by atoms with van der Waals surface area (Å²) in [5.41, 5.74) is 0. The Kier molecular flexibility index (Phi) is 11.8. The summed E-state index contributed by atoms with van der Waals surface area (Å²) in [5.74, 6) is 0.345. The van der Waals surface area contributed by atoms with Gasteiger partial charge in [-0.3, -0.25) is 14.4 Å². The Morgan fingerprint density at radius 1 is 1.11 bits per heavy atom. The lowest BCUT2D eigenvalue weighted by Crippen LogP contribution is -2.49. The topological polar surface area (TPSA) is 104 Å². The fourth-order valence-electron chi connectivity index (χ4n) is 3.36. The van der Waals surface area contributed by atoms with Crippen LogP contribution >= 0.6 is 11.8 Å². The molecule has 0 unspecified atom stereocenters. The van der Waals surface area contributed by atoms with Crippen LogP contribution in [-0.2, 0) is 19.2 Å². The Morgan fingerprint density at radius 2 is 1.81 bits per heavy atom. The standard InChI is InChI=1S/C19H33N3O4S/c1-14(24)21-17(9-8-15-6-4-3-5-7-15)19(26)20-12-18(25)22-16(13-23)10-11-27-2/h13,15-17H,3-12H2,1-2H3,(H,20,26)(H,21,24)(H,22,25)/t16-,17-/m0/s1. The van der Waals surface area contributed by atoms with E-state index in [1.54, 1.807) is 11.8 Å². The Morgan fingerprint density at radius 3 is 2.41 bits per heavy atom. The summed E-state index contributed by atoms with van der Waals surface area (Å²) < 4.78 is 0. The molecule has 0 spiro atoms. The Labute approximate surface area is 166 Å². The first-order chi connectivity index (χ1) is 13.0. The first-order valence-corrected chi connectivity index (χ1v) is 11.1. The summed E-state index contributed by atoms with van der Waals surface area (Å²) >= 11 is 1.60. The lowest BCUT2D eigenvalue weighted by Gasteiger charge is -2.24. The Balaban J connectivity index is 2.43. The quantitative estimate of drug-likeness (QED) is 0.430. The molecule has 0 heterocycles. The van der Waals surface area contributed by atoms with Crippen LogP contribution in [0.4, 0.5) is 0 Å². The van der Waals surface area contributed by atoms with Crippen molar-refractivity contribution in [3.63, 3.8) is 0 Å². The summed E-state index contributed by atoms with van der Waals surface area (Å²) in [6, 6.07) is -1.17. The van der Waals surface area contributed by atoms with Crippen molar-refractivity contribution in [2.75, 3.05) is 18.6 Å². The van der Waals surface area contributed by atoms with Crippen molar-refractivity contribution < 1.29 is 19.2 Å². The predicted molar refractivity (Wildman–Crippen MR) is 107 cm³/mol. The normalized spacial score (nSPS) is 16.8. The van der Waals surface area contributed by atoms with Crippen LogP contribution in [0.15, 0.2) is 0 Å². The molecule has 0 aromatic rings. The number of aldehydes is 1. The first-order valence-electron chi connectivity index (χ1n) is 9.74. The van der Waals surface area contributed by atoms with E-state index in [9.17, 15) is 19.2 Å². The van der Waals surface area contributed by atoms with Crippen molar-refractivity contribution >= 4 is 35.8 Å². The molecular weight excluding hydrogens is 366 g/mol. The van der Waals surface area contributed by atoms with Crippen LogP contribution in [0.1, 0.15) is 58.3 Å². The molecule has 7 nitrogen and oxygen atoms in total. The van der Waals surface area contributed by atoms with E-state index in [1.165, 1.54) is 39.0 Å². The third-order valence-corrected chi connectivity index (χ3v) is 5.49. The van der Waals surface area contributed by atoms with Crippen molar-refractivity contribution in [3.05, 3.63) is 0 Å². The van der Waals surface area contributed by atoms with Gasteiger partial charge in [0.1, 0.15) is 12.3 Å². The molecule has 0 aromatic carbocycles. The summed E-state index contributed by atoms with van der Waals surface area (Å²) in [6.45, 7) is 1.18. The number of rotatable bonds is 12. The molecular formula is C19H33N3O4S. The number of hydrogen-bond donors (Lipinski definition) is 3. The van der Waals surface area contributed by atoms with Gasteiger partial charge in [0.05, 0.1) is 12.6 Å². The molecule has 0 bridgehead atoms. The molecule has 1 fully saturated rings. The lowest BCUT2D eigenvalue weighted by atomic mass is 9.85. The van der Waals surface area contributed by atoms with Gasteiger partial charge in [0.2, 0.25) is 17.7 Å². The van der Waals surface area contributed by atoms with Gasteiger partial charge in [-0.2, -0.15) is 11.8 Å². The van der Waals surface area contributed by atoms with Gasteiger partial charge < -0.3 is 20.7 Å². The minimum atomic E-state index is -0.629. The third kappa shape index (κ3) is 10.4. The molecule has 154 valence electrons. The van der Waals surface area contributed by atoms with Gasteiger partial charge in [-0.25, -0.2) is 0 Å². The number of carbonyl (C=O) groups is 4. The Bertz CT molecular complexity index is 495. The van der Waals surface area contributed by atoms with E-state index in [0.717, 1.165) is 12.2 Å². The second-order valence-corrected chi connectivity index (χ2v) is 8.13. The highest BCUT2D eigenvalue weighted by atomic mass is 32.2. The van der Waals surface area contributed by atoms with E-state index in [4.69, 9.17) is 0 Å². The van der Waals surface area contributed by atoms with Crippen LogP contribution in [0.25, 0.3) is 0 Å². The fourth-order valence-corrected chi connectivity index (χ4v) is 3.85. The van der Waals surface area contributed by atoms with Gasteiger partial charge in [0, 0.05) is 6.92 Å². The van der Waals surface area contributed by atoms with Gasteiger partial charge in [-0.1, -0.05) is 32.1 Å². The SMILES string of the molecule is CSCC[C@@H](C=O)NC(=O)CNC(=O)[C@H](CCC1CCCCC1)NC(C)=O. The molecule has 0 radical (unpaired) electrons. The van der Waals surface area contributed by atoms with E-state index in [0.29, 0.717) is 25.0 Å². The highest BCUT2D eigenvalue weighted by Crippen LogP contribution is 2.27. The molecule has 1 aliphatic rings. The van der Waals surface area contributed by atoms with Gasteiger partial charge in [0.15, 0.2) is 0 Å². The largest absolute Gasteiger partial charge is 0.345 e. The second kappa shape index (κ2) is 13.6. The number of nitrogens with one attached hydrogen (secondary N) is 3. The molecule has 0 aliphatic heterocycles. The highest BCUT2D eigenvalue weighted by molar-refractivity contribution is 7.98. The molecule has 1 saturated carbocycles. The van der Waals surface area contributed by atoms with Crippen molar-refractivity contribution in [1.82, 2.24) is 16.0 Å². The molecule has 8 heteroatoms. The van der Waals surface area contributed by atoms with Gasteiger partial charge >= 0.3 is 0 Å². The van der Waals surface area contributed by atoms with E-state index >= 15 is 0 Å². The maximum atomic E-state index is 12.4. The molecule has 1 rings (SSSR count). The van der Waals surface area contributed by atoms with Crippen molar-refractivity contribution in [2.24, 2.45) is 5.92 Å². The van der Waals surface area contributed by atoms with Gasteiger partial charge in [-0.05, 0) is 37.2 Å². The average molecular weight is 400 g/mol. The fraction of sp³-hybridized carbons (Fsp3) is 0.789. The van der Waals surface area contributed by atoms with Crippen LogP contribution in [0.3, 0.4) is 0 Å². The van der Waals surface area contributed by atoms with Crippen LogP contribution < -0.4 is 16.0 Å². The van der Waals surface area contributed by atoms with Crippen molar-refractivity contribution in [1.29, 1.82) is 0 Å². The van der Waals surface area contributed by atoms with Crippen LogP contribution in [0, 0.1) is 5.92 Å². The number of hydrogen-bond acceptors (Lipinski definition) is 5.